The summed E-state index contributed by atoms with van der Waals surface area (Å²) in [6.07, 6.45) is 1.59. The van der Waals surface area contributed by atoms with Gasteiger partial charge in [0.1, 0.15) is 17.0 Å². The number of para-hydroxylation sites is 1. The number of hydrogen-bond acceptors (Lipinski definition) is 4. The zero-order valence-corrected chi connectivity index (χ0v) is 10.9. The normalized spacial score (nSPS) is 10.3. The van der Waals surface area contributed by atoms with Gasteiger partial charge in [-0.2, -0.15) is 0 Å². The average Bonchev–Trinajstić information content (AvgIpc) is 2.40. The maximum absolute atomic E-state index is 5.67. The van der Waals surface area contributed by atoms with Gasteiger partial charge in [-0.3, -0.25) is 0 Å². The van der Waals surface area contributed by atoms with E-state index in [1.807, 2.05) is 30.3 Å². The van der Waals surface area contributed by atoms with E-state index in [1.165, 1.54) is 0 Å². The first-order chi connectivity index (χ1) is 8.81. The van der Waals surface area contributed by atoms with Crippen LogP contribution in [0.2, 0.25) is 0 Å². The van der Waals surface area contributed by atoms with Gasteiger partial charge in [0.05, 0.1) is 18.6 Å². The van der Waals surface area contributed by atoms with Crippen LogP contribution in [0, 0.1) is 4.64 Å². The number of nitrogens with one attached hydrogen (secondary N) is 1. The smallest absolute Gasteiger partial charge is 0.130 e. The van der Waals surface area contributed by atoms with E-state index in [9.17, 15) is 0 Å². The number of benzene rings is 1. The first-order valence-corrected chi connectivity index (χ1v) is 5.98. The molecule has 0 fully saturated rings. The van der Waals surface area contributed by atoms with E-state index in [4.69, 9.17) is 21.7 Å². The third kappa shape index (κ3) is 3.15. The first kappa shape index (κ1) is 12.7. The van der Waals surface area contributed by atoms with Crippen LogP contribution in [0.5, 0.6) is 5.75 Å². The molecule has 0 aliphatic heterocycles. The molecule has 1 heterocycles. The number of nitrogens with zero attached hydrogens (tertiary/aromatic N) is 1. The largest absolute Gasteiger partial charge is 0.490 e. The van der Waals surface area contributed by atoms with Crippen LogP contribution in [0.25, 0.3) is 11.3 Å². The third-order valence-electron chi connectivity index (χ3n) is 2.40. The Hall–Kier alpha value is -1.72. The van der Waals surface area contributed by atoms with Crippen molar-refractivity contribution in [3.05, 3.63) is 41.3 Å². The van der Waals surface area contributed by atoms with Crippen LogP contribution in [0.3, 0.4) is 0 Å². The second-order valence-corrected chi connectivity index (χ2v) is 4.05. The van der Waals surface area contributed by atoms with Crippen molar-refractivity contribution in [1.82, 2.24) is 9.97 Å². The minimum absolute atomic E-state index is 0.513. The van der Waals surface area contributed by atoms with Crippen LogP contribution in [0.1, 0.15) is 0 Å². The molecule has 0 unspecified atom stereocenters. The second kappa shape index (κ2) is 6.28. The molecule has 1 N–H and O–H groups in total. The Kier molecular flexibility index (Phi) is 4.44. The molecule has 2 rings (SSSR count). The summed E-state index contributed by atoms with van der Waals surface area (Å²) in [4.78, 5) is 7.04. The summed E-state index contributed by atoms with van der Waals surface area (Å²) < 4.78 is 11.2. The van der Waals surface area contributed by atoms with Crippen LogP contribution in [0.15, 0.2) is 36.7 Å². The van der Waals surface area contributed by atoms with Gasteiger partial charge in [-0.05, 0) is 18.2 Å². The highest BCUT2D eigenvalue weighted by atomic mass is 32.1. The third-order valence-corrected chi connectivity index (χ3v) is 2.63. The van der Waals surface area contributed by atoms with Gasteiger partial charge in [0.25, 0.3) is 0 Å². The van der Waals surface area contributed by atoms with Gasteiger partial charge >= 0.3 is 0 Å². The fraction of sp³-hybridized carbons (Fsp3) is 0.231. The van der Waals surface area contributed by atoms with Crippen molar-refractivity contribution in [2.45, 2.75) is 0 Å². The maximum atomic E-state index is 5.67. The fourth-order valence-electron chi connectivity index (χ4n) is 1.57. The molecule has 94 valence electrons. The summed E-state index contributed by atoms with van der Waals surface area (Å²) in [5, 5.41) is 0. The predicted octanol–water partition coefficient (Wildman–Crippen LogP) is 2.83. The molecule has 1 aromatic carbocycles. The summed E-state index contributed by atoms with van der Waals surface area (Å²) in [6, 6.07) is 9.59. The highest BCUT2D eigenvalue weighted by Gasteiger charge is 2.05. The summed E-state index contributed by atoms with van der Waals surface area (Å²) in [5.41, 5.74) is 1.85. The van der Waals surface area contributed by atoms with Gasteiger partial charge in [-0.25, -0.2) is 4.98 Å². The van der Waals surface area contributed by atoms with E-state index in [0.717, 1.165) is 17.0 Å². The van der Waals surface area contributed by atoms with E-state index in [2.05, 4.69) is 9.97 Å². The lowest BCUT2D eigenvalue weighted by molar-refractivity contribution is 0.146. The molecule has 0 aliphatic carbocycles. The van der Waals surface area contributed by atoms with Crippen LogP contribution in [0.4, 0.5) is 0 Å². The first-order valence-electron chi connectivity index (χ1n) is 5.57. The Morgan fingerprint density at radius 2 is 2.11 bits per heavy atom. The highest BCUT2D eigenvalue weighted by molar-refractivity contribution is 7.71. The number of ether oxygens (including phenoxy) is 2. The number of methoxy groups -OCH3 is 1. The quantitative estimate of drug-likeness (QED) is 0.665. The molecule has 0 aliphatic rings. The lowest BCUT2D eigenvalue weighted by Crippen LogP contribution is -2.05. The van der Waals surface area contributed by atoms with Crippen LogP contribution in [-0.2, 0) is 4.74 Å². The van der Waals surface area contributed by atoms with E-state index in [1.54, 1.807) is 13.4 Å². The zero-order chi connectivity index (χ0) is 12.8. The molecule has 0 amide bonds. The minimum Gasteiger partial charge on any atom is -0.490 e. The maximum Gasteiger partial charge on any atom is 0.130 e. The molecule has 0 saturated carbocycles. The number of aromatic nitrogens is 2. The Morgan fingerprint density at radius 3 is 2.89 bits per heavy atom. The molecule has 4 nitrogen and oxygen atoms in total. The average molecular weight is 262 g/mol. The lowest BCUT2D eigenvalue weighted by atomic mass is 10.1. The molecule has 1 aromatic heterocycles. The molecule has 0 spiro atoms. The summed E-state index contributed by atoms with van der Waals surface area (Å²) in [6.45, 7) is 1.07. The Morgan fingerprint density at radius 1 is 1.28 bits per heavy atom. The van der Waals surface area contributed by atoms with Crippen molar-refractivity contribution >= 4 is 12.2 Å². The minimum atomic E-state index is 0.513. The van der Waals surface area contributed by atoms with E-state index >= 15 is 0 Å². The van der Waals surface area contributed by atoms with Crippen LogP contribution in [-0.4, -0.2) is 30.3 Å². The van der Waals surface area contributed by atoms with Crippen LogP contribution >= 0.6 is 12.2 Å². The molecule has 0 atom stereocenters. The molecule has 18 heavy (non-hydrogen) atoms. The SMILES string of the molecule is COCCOc1ccccc1-c1cc(=S)nc[nH]1. The number of rotatable bonds is 5. The van der Waals surface area contributed by atoms with Gasteiger partial charge in [-0.15, -0.1) is 0 Å². The van der Waals surface area contributed by atoms with Gasteiger partial charge in [0.15, 0.2) is 0 Å². The molecule has 2 aromatic rings. The Bertz CT molecular complexity index is 569. The standard InChI is InChI=1S/C13H14N2O2S/c1-16-6-7-17-12-5-3-2-4-10(12)11-8-13(18)15-9-14-11/h2-5,8-9H,6-7H2,1H3,(H,14,15,18). The Labute approximate surface area is 111 Å². The van der Waals surface area contributed by atoms with Gasteiger partial charge < -0.3 is 14.5 Å². The monoisotopic (exact) mass is 262 g/mol. The van der Waals surface area contributed by atoms with Crippen molar-refractivity contribution in [1.29, 1.82) is 0 Å². The van der Waals surface area contributed by atoms with E-state index in [0.29, 0.717) is 17.9 Å². The molecular weight excluding hydrogens is 248 g/mol. The van der Waals surface area contributed by atoms with Crippen molar-refractivity contribution in [2.24, 2.45) is 0 Å². The van der Waals surface area contributed by atoms with Gasteiger partial charge in [0, 0.05) is 12.7 Å². The molecule has 0 bridgehead atoms. The number of H-pyrrole nitrogens is 1. The summed E-state index contributed by atoms with van der Waals surface area (Å²) >= 11 is 5.06. The van der Waals surface area contributed by atoms with Crippen molar-refractivity contribution < 1.29 is 9.47 Å². The molecule has 0 saturated heterocycles. The molecular formula is C13H14N2O2S. The van der Waals surface area contributed by atoms with Crippen molar-refractivity contribution in [3.8, 4) is 17.0 Å². The van der Waals surface area contributed by atoms with Crippen molar-refractivity contribution in [3.63, 3.8) is 0 Å². The lowest BCUT2D eigenvalue weighted by Gasteiger charge is -2.10. The fourth-order valence-corrected chi connectivity index (χ4v) is 1.74. The summed E-state index contributed by atoms with van der Waals surface area (Å²) in [7, 11) is 1.65. The number of hydrogen-bond donors (Lipinski definition) is 1. The zero-order valence-electron chi connectivity index (χ0n) is 10.1. The second-order valence-electron chi connectivity index (χ2n) is 3.64. The Balaban J connectivity index is 2.29. The van der Waals surface area contributed by atoms with E-state index in [-0.39, 0.29) is 0 Å². The van der Waals surface area contributed by atoms with Crippen molar-refractivity contribution in [2.75, 3.05) is 20.3 Å². The van der Waals surface area contributed by atoms with Gasteiger partial charge in [0.2, 0.25) is 0 Å². The van der Waals surface area contributed by atoms with Crippen LogP contribution < -0.4 is 4.74 Å². The van der Waals surface area contributed by atoms with Gasteiger partial charge in [-0.1, -0.05) is 24.4 Å². The molecule has 0 radical (unpaired) electrons. The van der Waals surface area contributed by atoms with E-state index < -0.39 is 0 Å². The number of aromatic amines is 1. The highest BCUT2D eigenvalue weighted by Crippen LogP contribution is 2.27. The summed E-state index contributed by atoms with van der Waals surface area (Å²) in [5.74, 6) is 0.798. The predicted molar refractivity (Wildman–Crippen MR) is 72.2 cm³/mol. The topological polar surface area (TPSA) is 47.1 Å². The molecule has 5 heteroatoms.